The van der Waals surface area contributed by atoms with E-state index in [4.69, 9.17) is 5.11 Å². The van der Waals surface area contributed by atoms with E-state index in [1.54, 1.807) is 0 Å². The average Bonchev–Trinajstić information content (AvgIpc) is 2.34. The Morgan fingerprint density at radius 1 is 1.25 bits per heavy atom. The van der Waals surface area contributed by atoms with Crippen molar-refractivity contribution in [3.05, 3.63) is 0 Å². The van der Waals surface area contributed by atoms with Gasteiger partial charge in [-0.25, -0.2) is 0 Å². The summed E-state index contributed by atoms with van der Waals surface area (Å²) in [6.45, 7) is 1.89. The molecule has 2 saturated carbocycles. The lowest BCUT2D eigenvalue weighted by Gasteiger charge is -2.50. The molecule has 1 N–H and O–H groups in total. The van der Waals surface area contributed by atoms with Crippen molar-refractivity contribution >= 4 is 5.97 Å². The normalized spacial score (nSPS) is 30.1. The molecule has 2 nitrogen and oxygen atoms in total. The minimum atomic E-state index is -0.597. The van der Waals surface area contributed by atoms with Gasteiger partial charge in [-0.05, 0) is 38.0 Å². The molecule has 0 saturated heterocycles. The molecule has 2 aliphatic carbocycles. The highest BCUT2D eigenvalue weighted by molar-refractivity contribution is 5.75. The molecule has 12 heavy (non-hydrogen) atoms. The minimum absolute atomic E-state index is 0.385. The second-order valence-electron chi connectivity index (χ2n) is 4.93. The molecule has 68 valence electrons. The molecule has 0 amide bonds. The van der Waals surface area contributed by atoms with Gasteiger partial charge >= 0.3 is 5.97 Å². The quantitative estimate of drug-likeness (QED) is 0.653. The third-order valence-electron chi connectivity index (χ3n) is 3.71. The lowest BCUT2D eigenvalue weighted by molar-refractivity contribution is -0.163. The molecule has 2 fully saturated rings. The fourth-order valence-corrected chi connectivity index (χ4v) is 3.23. The van der Waals surface area contributed by atoms with Crippen molar-refractivity contribution in [2.24, 2.45) is 10.8 Å². The highest BCUT2D eigenvalue weighted by Gasteiger charge is 2.56. The van der Waals surface area contributed by atoms with Crippen molar-refractivity contribution in [2.75, 3.05) is 0 Å². The minimum Gasteiger partial charge on any atom is -0.481 e. The summed E-state index contributed by atoms with van der Waals surface area (Å²) < 4.78 is 0. The van der Waals surface area contributed by atoms with Crippen molar-refractivity contribution in [3.63, 3.8) is 0 Å². The Bertz CT molecular complexity index is 206. The van der Waals surface area contributed by atoms with E-state index in [1.807, 2.05) is 6.92 Å². The molecule has 1 spiro atoms. The van der Waals surface area contributed by atoms with Gasteiger partial charge in [-0.15, -0.1) is 0 Å². The van der Waals surface area contributed by atoms with Crippen LogP contribution < -0.4 is 0 Å². The van der Waals surface area contributed by atoms with Gasteiger partial charge in [0.15, 0.2) is 0 Å². The average molecular weight is 168 g/mol. The Kier molecular flexibility index (Phi) is 1.51. The molecule has 0 heterocycles. The number of aliphatic carboxylic acids is 1. The van der Waals surface area contributed by atoms with Crippen molar-refractivity contribution in [1.29, 1.82) is 0 Å². The molecule has 0 unspecified atom stereocenters. The molecular formula is C10H16O2. The molecule has 2 rings (SSSR count). The molecule has 0 aromatic heterocycles. The van der Waals surface area contributed by atoms with Crippen molar-refractivity contribution < 1.29 is 9.90 Å². The predicted octanol–water partition coefficient (Wildman–Crippen LogP) is 2.43. The van der Waals surface area contributed by atoms with E-state index in [-0.39, 0.29) is 5.41 Å². The molecule has 2 heteroatoms. The van der Waals surface area contributed by atoms with Crippen LogP contribution >= 0.6 is 0 Å². The summed E-state index contributed by atoms with van der Waals surface area (Å²) in [7, 11) is 0. The lowest BCUT2D eigenvalue weighted by Crippen LogP contribution is -2.48. The molecule has 0 aromatic rings. The van der Waals surface area contributed by atoms with Crippen LogP contribution in [0.15, 0.2) is 0 Å². The lowest BCUT2D eigenvalue weighted by atomic mass is 9.53. The zero-order chi connectivity index (χ0) is 8.82. The van der Waals surface area contributed by atoms with E-state index >= 15 is 0 Å². The maximum Gasteiger partial charge on any atom is 0.309 e. The van der Waals surface area contributed by atoms with Crippen LogP contribution in [0.25, 0.3) is 0 Å². The monoisotopic (exact) mass is 168 g/mol. The number of carboxylic acids is 1. The van der Waals surface area contributed by atoms with E-state index < -0.39 is 5.97 Å². The van der Waals surface area contributed by atoms with E-state index in [0.29, 0.717) is 5.41 Å². The number of hydrogen-bond donors (Lipinski definition) is 1. The standard InChI is InChI=1S/C10H16O2/c1-9(8(11)12)6-10(7-9)4-2-3-5-10/h2-7H2,1H3,(H,11,12). The highest BCUT2D eigenvalue weighted by atomic mass is 16.4. The number of rotatable bonds is 1. The summed E-state index contributed by atoms with van der Waals surface area (Å²) in [6, 6.07) is 0. The molecule has 2 aliphatic rings. The van der Waals surface area contributed by atoms with Crippen LogP contribution in [-0.2, 0) is 4.79 Å². The predicted molar refractivity (Wildman–Crippen MR) is 45.9 cm³/mol. The summed E-state index contributed by atoms with van der Waals surface area (Å²) in [4.78, 5) is 10.8. The SMILES string of the molecule is CC1(C(=O)O)CC2(CCCC2)C1. The molecular weight excluding hydrogens is 152 g/mol. The second kappa shape index (κ2) is 2.24. The van der Waals surface area contributed by atoms with Crippen molar-refractivity contribution in [3.8, 4) is 0 Å². The van der Waals surface area contributed by atoms with Crippen molar-refractivity contribution in [2.45, 2.75) is 45.4 Å². The van der Waals surface area contributed by atoms with Crippen LogP contribution in [0.3, 0.4) is 0 Å². The first-order valence-corrected chi connectivity index (χ1v) is 4.80. The molecule has 0 bridgehead atoms. The Labute approximate surface area is 73.0 Å². The first-order valence-electron chi connectivity index (χ1n) is 4.80. The highest BCUT2D eigenvalue weighted by Crippen LogP contribution is 2.62. The zero-order valence-electron chi connectivity index (χ0n) is 7.60. The second-order valence-corrected chi connectivity index (χ2v) is 4.93. The van der Waals surface area contributed by atoms with Gasteiger partial charge in [0.2, 0.25) is 0 Å². The molecule has 0 radical (unpaired) electrons. The van der Waals surface area contributed by atoms with Gasteiger partial charge in [0.05, 0.1) is 5.41 Å². The van der Waals surface area contributed by atoms with Crippen LogP contribution in [0, 0.1) is 10.8 Å². The third-order valence-corrected chi connectivity index (χ3v) is 3.71. The molecule has 0 aromatic carbocycles. The fourth-order valence-electron chi connectivity index (χ4n) is 3.23. The van der Waals surface area contributed by atoms with Gasteiger partial charge in [0, 0.05) is 0 Å². The number of carboxylic acid groups (broad SMARTS) is 1. The Balaban J connectivity index is 2.01. The van der Waals surface area contributed by atoms with E-state index in [1.165, 1.54) is 25.7 Å². The number of hydrogen-bond acceptors (Lipinski definition) is 1. The summed E-state index contributed by atoms with van der Waals surface area (Å²) in [5.74, 6) is -0.597. The Hall–Kier alpha value is -0.530. The molecule has 0 aliphatic heterocycles. The van der Waals surface area contributed by atoms with Gasteiger partial charge in [-0.2, -0.15) is 0 Å². The van der Waals surface area contributed by atoms with Gasteiger partial charge < -0.3 is 5.11 Å². The van der Waals surface area contributed by atoms with Crippen LogP contribution in [0.4, 0.5) is 0 Å². The summed E-state index contributed by atoms with van der Waals surface area (Å²) in [6.07, 6.45) is 7.03. The van der Waals surface area contributed by atoms with Crippen LogP contribution in [0.2, 0.25) is 0 Å². The molecule has 0 atom stereocenters. The van der Waals surface area contributed by atoms with Gasteiger partial charge in [-0.3, -0.25) is 4.79 Å². The fraction of sp³-hybridized carbons (Fsp3) is 0.900. The van der Waals surface area contributed by atoms with Gasteiger partial charge in [-0.1, -0.05) is 12.8 Å². The van der Waals surface area contributed by atoms with E-state index in [2.05, 4.69) is 0 Å². The van der Waals surface area contributed by atoms with Crippen molar-refractivity contribution in [1.82, 2.24) is 0 Å². The van der Waals surface area contributed by atoms with E-state index in [9.17, 15) is 4.79 Å². The maximum absolute atomic E-state index is 10.8. The zero-order valence-corrected chi connectivity index (χ0v) is 7.60. The maximum atomic E-state index is 10.8. The third kappa shape index (κ3) is 0.970. The Morgan fingerprint density at radius 2 is 1.75 bits per heavy atom. The Morgan fingerprint density at radius 3 is 2.17 bits per heavy atom. The number of carbonyl (C=O) groups is 1. The first kappa shape index (κ1) is 8.09. The van der Waals surface area contributed by atoms with Crippen LogP contribution in [-0.4, -0.2) is 11.1 Å². The van der Waals surface area contributed by atoms with Gasteiger partial charge in [0.25, 0.3) is 0 Å². The smallest absolute Gasteiger partial charge is 0.309 e. The van der Waals surface area contributed by atoms with Gasteiger partial charge in [0.1, 0.15) is 0 Å². The van der Waals surface area contributed by atoms with Crippen LogP contribution in [0.5, 0.6) is 0 Å². The summed E-state index contributed by atoms with van der Waals surface area (Å²) in [5, 5.41) is 8.94. The summed E-state index contributed by atoms with van der Waals surface area (Å²) >= 11 is 0. The van der Waals surface area contributed by atoms with E-state index in [0.717, 1.165) is 12.8 Å². The largest absolute Gasteiger partial charge is 0.481 e. The topological polar surface area (TPSA) is 37.3 Å². The summed E-state index contributed by atoms with van der Waals surface area (Å²) in [5.41, 5.74) is 0.0669. The first-order chi connectivity index (χ1) is 5.56. The van der Waals surface area contributed by atoms with Crippen LogP contribution in [0.1, 0.15) is 45.4 Å².